The van der Waals surface area contributed by atoms with E-state index in [-0.39, 0.29) is 0 Å². The normalized spacial score (nSPS) is 19.6. The molecule has 0 atom stereocenters. The van der Waals surface area contributed by atoms with Crippen molar-refractivity contribution >= 4 is 5.78 Å². The average molecular weight is 184 g/mol. The van der Waals surface area contributed by atoms with Crippen molar-refractivity contribution in [2.45, 2.75) is 25.7 Å². The van der Waals surface area contributed by atoms with Crippen LogP contribution in [-0.2, 0) is 6.42 Å². The maximum atomic E-state index is 12.0. The maximum Gasteiger partial charge on any atom is 0.189 e. The standard InChI is InChI=1S/C13H12O/c14-13-11-6-2-1-4-9(11)8-10-5-3-7-12(10)13/h1-2,4,6H,3,5,7-8H2. The number of carbonyl (C=O) groups excluding carboxylic acids is 1. The summed E-state index contributed by atoms with van der Waals surface area (Å²) >= 11 is 0. The lowest BCUT2D eigenvalue weighted by Crippen LogP contribution is -2.13. The van der Waals surface area contributed by atoms with Gasteiger partial charge < -0.3 is 0 Å². The van der Waals surface area contributed by atoms with Crippen LogP contribution in [0.5, 0.6) is 0 Å². The van der Waals surface area contributed by atoms with Crippen molar-refractivity contribution < 1.29 is 4.79 Å². The van der Waals surface area contributed by atoms with Gasteiger partial charge in [-0.05, 0) is 36.8 Å². The zero-order valence-electron chi connectivity index (χ0n) is 8.05. The van der Waals surface area contributed by atoms with Gasteiger partial charge in [0.15, 0.2) is 5.78 Å². The molecule has 3 rings (SSSR count). The molecule has 0 fully saturated rings. The monoisotopic (exact) mass is 184 g/mol. The van der Waals surface area contributed by atoms with Gasteiger partial charge in [-0.1, -0.05) is 29.8 Å². The number of ketones is 1. The molecule has 1 nitrogen and oxygen atoms in total. The van der Waals surface area contributed by atoms with E-state index in [9.17, 15) is 4.79 Å². The molecule has 70 valence electrons. The Morgan fingerprint density at radius 3 is 2.86 bits per heavy atom. The lowest BCUT2D eigenvalue weighted by molar-refractivity contribution is 0.102. The Morgan fingerprint density at radius 2 is 1.93 bits per heavy atom. The first-order chi connectivity index (χ1) is 6.86. The predicted molar refractivity (Wildman–Crippen MR) is 55.4 cm³/mol. The van der Waals surface area contributed by atoms with E-state index in [4.69, 9.17) is 0 Å². The molecule has 0 heterocycles. The topological polar surface area (TPSA) is 17.1 Å². The van der Waals surface area contributed by atoms with Gasteiger partial charge >= 0.3 is 0 Å². The summed E-state index contributed by atoms with van der Waals surface area (Å²) in [6, 6.07) is 8.01. The summed E-state index contributed by atoms with van der Waals surface area (Å²) in [5, 5.41) is 0. The molecule has 1 aromatic rings. The van der Waals surface area contributed by atoms with Crippen LogP contribution >= 0.6 is 0 Å². The first kappa shape index (κ1) is 7.98. The summed E-state index contributed by atoms with van der Waals surface area (Å²) in [6.07, 6.45) is 4.32. The van der Waals surface area contributed by atoms with Crippen LogP contribution in [0.2, 0.25) is 0 Å². The van der Waals surface area contributed by atoms with Gasteiger partial charge in [-0.3, -0.25) is 4.79 Å². The highest BCUT2D eigenvalue weighted by atomic mass is 16.1. The Kier molecular flexibility index (Phi) is 1.60. The van der Waals surface area contributed by atoms with Crippen molar-refractivity contribution in [3.8, 4) is 0 Å². The summed E-state index contributed by atoms with van der Waals surface area (Å²) in [7, 11) is 0. The number of rotatable bonds is 0. The van der Waals surface area contributed by atoms with E-state index < -0.39 is 0 Å². The zero-order chi connectivity index (χ0) is 9.54. The Hall–Kier alpha value is -1.37. The minimum Gasteiger partial charge on any atom is -0.289 e. The fourth-order valence-corrected chi connectivity index (χ4v) is 2.56. The van der Waals surface area contributed by atoms with Crippen molar-refractivity contribution in [1.82, 2.24) is 0 Å². The molecule has 1 aromatic carbocycles. The average Bonchev–Trinajstić information content (AvgIpc) is 2.66. The van der Waals surface area contributed by atoms with Gasteiger partial charge in [0.25, 0.3) is 0 Å². The van der Waals surface area contributed by atoms with E-state index in [1.54, 1.807) is 0 Å². The number of allylic oxidation sites excluding steroid dienone is 2. The zero-order valence-corrected chi connectivity index (χ0v) is 8.05. The van der Waals surface area contributed by atoms with Crippen LogP contribution in [-0.4, -0.2) is 5.78 Å². The lowest BCUT2D eigenvalue weighted by atomic mass is 9.86. The quantitative estimate of drug-likeness (QED) is 0.606. The number of carbonyl (C=O) groups is 1. The highest BCUT2D eigenvalue weighted by molar-refractivity contribution is 6.11. The SMILES string of the molecule is O=C1C2=C(CCC2)Cc2ccccc21. The van der Waals surface area contributed by atoms with Crippen molar-refractivity contribution in [2.75, 3.05) is 0 Å². The molecule has 0 aromatic heterocycles. The third kappa shape index (κ3) is 0.985. The van der Waals surface area contributed by atoms with E-state index in [0.717, 1.165) is 30.4 Å². The van der Waals surface area contributed by atoms with Crippen LogP contribution < -0.4 is 0 Å². The van der Waals surface area contributed by atoms with Crippen LogP contribution in [0.3, 0.4) is 0 Å². The van der Waals surface area contributed by atoms with E-state index in [1.165, 1.54) is 17.6 Å². The van der Waals surface area contributed by atoms with E-state index in [2.05, 4.69) is 6.07 Å². The first-order valence-electron chi connectivity index (χ1n) is 5.20. The summed E-state index contributed by atoms with van der Waals surface area (Å²) in [6.45, 7) is 0. The van der Waals surface area contributed by atoms with Gasteiger partial charge in [-0.2, -0.15) is 0 Å². The second-order valence-electron chi connectivity index (χ2n) is 4.10. The molecule has 0 aliphatic heterocycles. The van der Waals surface area contributed by atoms with Crippen LogP contribution in [0.25, 0.3) is 0 Å². The van der Waals surface area contributed by atoms with Crippen LogP contribution in [0, 0.1) is 0 Å². The second kappa shape index (κ2) is 2.81. The molecule has 0 saturated carbocycles. The molecule has 0 spiro atoms. The number of Topliss-reactive ketones (excluding diaryl/α,β-unsaturated/α-hetero) is 1. The fourth-order valence-electron chi connectivity index (χ4n) is 2.56. The minimum atomic E-state index is 0.291. The van der Waals surface area contributed by atoms with E-state index in [0.29, 0.717) is 5.78 Å². The summed E-state index contributed by atoms with van der Waals surface area (Å²) < 4.78 is 0. The maximum absolute atomic E-state index is 12.0. The number of hydrogen-bond donors (Lipinski definition) is 0. The Balaban J connectivity index is 2.16. The molecular weight excluding hydrogens is 172 g/mol. The molecule has 2 aliphatic rings. The van der Waals surface area contributed by atoms with Crippen LogP contribution in [0.4, 0.5) is 0 Å². The van der Waals surface area contributed by atoms with Gasteiger partial charge in [0.2, 0.25) is 0 Å². The third-order valence-corrected chi connectivity index (χ3v) is 3.27. The molecule has 0 unspecified atom stereocenters. The van der Waals surface area contributed by atoms with E-state index in [1.807, 2.05) is 18.2 Å². The summed E-state index contributed by atoms with van der Waals surface area (Å²) in [4.78, 5) is 12.0. The molecule has 0 radical (unpaired) electrons. The highest BCUT2D eigenvalue weighted by Gasteiger charge is 2.27. The van der Waals surface area contributed by atoms with Crippen molar-refractivity contribution in [2.24, 2.45) is 0 Å². The molecule has 0 bridgehead atoms. The smallest absolute Gasteiger partial charge is 0.189 e. The van der Waals surface area contributed by atoms with Gasteiger partial charge in [0, 0.05) is 5.56 Å². The number of fused-ring (bicyclic) bond motifs is 1. The van der Waals surface area contributed by atoms with Crippen molar-refractivity contribution in [3.05, 3.63) is 46.5 Å². The number of hydrogen-bond acceptors (Lipinski definition) is 1. The van der Waals surface area contributed by atoms with Gasteiger partial charge in [-0.25, -0.2) is 0 Å². The molecular formula is C13H12O. The molecule has 1 heteroatoms. The molecule has 2 aliphatic carbocycles. The Morgan fingerprint density at radius 1 is 1.07 bits per heavy atom. The van der Waals surface area contributed by atoms with Crippen LogP contribution in [0.1, 0.15) is 35.2 Å². The Labute approximate surface area is 83.4 Å². The fraction of sp³-hybridized carbons (Fsp3) is 0.308. The van der Waals surface area contributed by atoms with Gasteiger partial charge in [-0.15, -0.1) is 0 Å². The van der Waals surface area contributed by atoms with Crippen molar-refractivity contribution in [1.29, 1.82) is 0 Å². The van der Waals surface area contributed by atoms with Gasteiger partial charge in [0.05, 0.1) is 0 Å². The van der Waals surface area contributed by atoms with E-state index >= 15 is 0 Å². The summed E-state index contributed by atoms with van der Waals surface area (Å²) in [5.74, 6) is 0.291. The molecule has 0 saturated heterocycles. The third-order valence-electron chi connectivity index (χ3n) is 3.27. The predicted octanol–water partition coefficient (Wildman–Crippen LogP) is 2.91. The first-order valence-corrected chi connectivity index (χ1v) is 5.20. The largest absolute Gasteiger partial charge is 0.289 e. The Bertz CT molecular complexity index is 440. The number of benzene rings is 1. The summed E-state index contributed by atoms with van der Waals surface area (Å²) in [5.41, 5.74) is 4.67. The highest BCUT2D eigenvalue weighted by Crippen LogP contribution is 2.36. The molecule has 0 N–H and O–H groups in total. The van der Waals surface area contributed by atoms with Crippen LogP contribution in [0.15, 0.2) is 35.4 Å². The minimum absolute atomic E-state index is 0.291. The van der Waals surface area contributed by atoms with Gasteiger partial charge in [0.1, 0.15) is 0 Å². The lowest BCUT2D eigenvalue weighted by Gasteiger charge is -2.16. The molecule has 14 heavy (non-hydrogen) atoms. The molecule has 0 amide bonds. The van der Waals surface area contributed by atoms with Crippen molar-refractivity contribution in [3.63, 3.8) is 0 Å². The second-order valence-corrected chi connectivity index (χ2v) is 4.10.